The summed E-state index contributed by atoms with van der Waals surface area (Å²) in [4.78, 5) is 11.7. The zero-order valence-corrected chi connectivity index (χ0v) is 9.60. The first-order valence-corrected chi connectivity index (χ1v) is 5.22. The number of ketones is 1. The molecule has 1 rings (SSSR count). The van der Waals surface area contributed by atoms with Gasteiger partial charge < -0.3 is 0 Å². The molecule has 0 aliphatic rings. The van der Waals surface area contributed by atoms with Crippen LogP contribution in [0.25, 0.3) is 0 Å². The predicted molar refractivity (Wildman–Crippen MR) is 58.6 cm³/mol. The monoisotopic (exact) mass is 260 g/mol. The van der Waals surface area contributed by atoms with Gasteiger partial charge in [0.2, 0.25) is 0 Å². The summed E-state index contributed by atoms with van der Waals surface area (Å²) in [5.41, 5.74) is 0.635. The highest BCUT2D eigenvalue weighted by molar-refractivity contribution is 9.10. The van der Waals surface area contributed by atoms with Crippen molar-refractivity contribution in [3.05, 3.63) is 35.9 Å². The number of hydrogen-bond acceptors (Lipinski definition) is 1. The molecule has 1 atom stereocenters. The number of halogens is 2. The number of Topliss-reactive ketones (excluding diaryl/α,β-unsaturated/α-hetero) is 1. The lowest BCUT2D eigenvalue weighted by atomic mass is 10.1. The summed E-state index contributed by atoms with van der Waals surface area (Å²) >= 11 is 9.17. The minimum atomic E-state index is -0.950. The first-order chi connectivity index (χ1) is 6.08. The third-order valence-corrected chi connectivity index (χ3v) is 3.17. The summed E-state index contributed by atoms with van der Waals surface area (Å²) in [6.07, 6.45) is 0.558. The molecule has 0 N–H and O–H groups in total. The number of hydrogen-bond donors (Lipinski definition) is 0. The molecule has 0 amide bonds. The summed E-state index contributed by atoms with van der Waals surface area (Å²) in [5.74, 6) is -0.0859. The molecular formula is C10H10BrClO. The molecule has 0 aliphatic carbocycles. The molecule has 3 heteroatoms. The summed E-state index contributed by atoms with van der Waals surface area (Å²) in [5, 5.41) is 0. The molecule has 0 radical (unpaired) electrons. The van der Waals surface area contributed by atoms with Crippen LogP contribution in [0.2, 0.25) is 0 Å². The minimum absolute atomic E-state index is 0.0859. The fourth-order valence-electron chi connectivity index (χ4n) is 0.961. The molecule has 0 saturated heterocycles. The molecule has 13 heavy (non-hydrogen) atoms. The van der Waals surface area contributed by atoms with Crippen LogP contribution in [0.15, 0.2) is 30.3 Å². The summed E-state index contributed by atoms with van der Waals surface area (Å²) < 4.78 is -0.950. The van der Waals surface area contributed by atoms with Crippen molar-refractivity contribution in [3.63, 3.8) is 0 Å². The normalized spacial score (nSPS) is 15.0. The molecule has 0 bridgehead atoms. The van der Waals surface area contributed by atoms with Crippen LogP contribution in [0.1, 0.15) is 23.7 Å². The molecule has 1 nitrogen and oxygen atoms in total. The Morgan fingerprint density at radius 1 is 1.46 bits per heavy atom. The summed E-state index contributed by atoms with van der Waals surface area (Å²) in [6, 6.07) is 9.03. The van der Waals surface area contributed by atoms with Crippen LogP contribution in [0.5, 0.6) is 0 Å². The second-order valence-electron chi connectivity index (χ2n) is 2.75. The SMILES string of the molecule is CCC(Cl)(Br)C(=O)c1ccccc1. The number of carbonyl (C=O) groups is 1. The lowest BCUT2D eigenvalue weighted by molar-refractivity contribution is 0.0976. The molecule has 0 aromatic heterocycles. The molecule has 70 valence electrons. The number of carbonyl (C=O) groups excluding carboxylic acids is 1. The second-order valence-corrected chi connectivity index (χ2v) is 5.21. The van der Waals surface area contributed by atoms with Crippen molar-refractivity contribution in [2.24, 2.45) is 0 Å². The van der Waals surface area contributed by atoms with E-state index in [9.17, 15) is 4.79 Å². The highest BCUT2D eigenvalue weighted by atomic mass is 79.9. The van der Waals surface area contributed by atoms with Gasteiger partial charge in [0.25, 0.3) is 0 Å². The molecule has 0 heterocycles. The van der Waals surface area contributed by atoms with Crippen LogP contribution in [-0.2, 0) is 0 Å². The van der Waals surface area contributed by atoms with Crippen molar-refractivity contribution in [3.8, 4) is 0 Å². The Labute approximate surface area is 91.2 Å². The van der Waals surface area contributed by atoms with Crippen molar-refractivity contribution in [2.75, 3.05) is 0 Å². The quantitative estimate of drug-likeness (QED) is 0.600. The molecule has 0 saturated carbocycles. The second kappa shape index (κ2) is 4.25. The van der Waals surface area contributed by atoms with E-state index in [2.05, 4.69) is 15.9 Å². The lowest BCUT2D eigenvalue weighted by Gasteiger charge is -2.15. The van der Waals surface area contributed by atoms with E-state index in [4.69, 9.17) is 11.6 Å². The molecule has 1 aromatic carbocycles. The Bertz CT molecular complexity index is 295. The highest BCUT2D eigenvalue weighted by Crippen LogP contribution is 2.31. The first-order valence-electron chi connectivity index (χ1n) is 4.05. The van der Waals surface area contributed by atoms with Crippen molar-refractivity contribution < 1.29 is 4.79 Å². The van der Waals surface area contributed by atoms with Crippen molar-refractivity contribution >= 4 is 33.3 Å². The van der Waals surface area contributed by atoms with Gasteiger partial charge in [0, 0.05) is 5.56 Å². The zero-order chi connectivity index (χ0) is 9.90. The van der Waals surface area contributed by atoms with Gasteiger partial charge in [-0.15, -0.1) is 0 Å². The van der Waals surface area contributed by atoms with Crippen molar-refractivity contribution in [1.29, 1.82) is 0 Å². The Balaban J connectivity index is 2.93. The number of rotatable bonds is 3. The molecule has 1 unspecified atom stereocenters. The van der Waals surface area contributed by atoms with Crippen LogP contribution in [0, 0.1) is 0 Å². The van der Waals surface area contributed by atoms with Gasteiger partial charge in [-0.2, -0.15) is 0 Å². The lowest BCUT2D eigenvalue weighted by Crippen LogP contribution is -2.24. The summed E-state index contributed by atoms with van der Waals surface area (Å²) in [7, 11) is 0. The predicted octanol–water partition coefficient (Wildman–Crippen LogP) is 3.61. The van der Waals surface area contributed by atoms with Crippen molar-refractivity contribution in [2.45, 2.75) is 17.1 Å². The number of benzene rings is 1. The standard InChI is InChI=1S/C10H10BrClO/c1-2-10(11,12)9(13)8-6-4-3-5-7-8/h3-7H,2H2,1H3. The van der Waals surface area contributed by atoms with E-state index >= 15 is 0 Å². The van der Waals surface area contributed by atoms with Crippen LogP contribution >= 0.6 is 27.5 Å². The summed E-state index contributed by atoms with van der Waals surface area (Å²) in [6.45, 7) is 1.86. The van der Waals surface area contributed by atoms with Gasteiger partial charge >= 0.3 is 0 Å². The van der Waals surface area contributed by atoms with E-state index in [1.54, 1.807) is 12.1 Å². The minimum Gasteiger partial charge on any atom is -0.291 e. The van der Waals surface area contributed by atoms with Gasteiger partial charge in [0.15, 0.2) is 9.57 Å². The first kappa shape index (κ1) is 10.7. The van der Waals surface area contributed by atoms with E-state index in [0.717, 1.165) is 0 Å². The Kier molecular flexibility index (Phi) is 3.51. The van der Waals surface area contributed by atoms with E-state index in [0.29, 0.717) is 12.0 Å². The largest absolute Gasteiger partial charge is 0.291 e. The van der Waals surface area contributed by atoms with Gasteiger partial charge in [0.1, 0.15) is 0 Å². The molecular weight excluding hydrogens is 251 g/mol. The molecule has 0 fully saturated rings. The van der Waals surface area contributed by atoms with Gasteiger partial charge in [0.05, 0.1) is 0 Å². The maximum absolute atomic E-state index is 11.7. The van der Waals surface area contributed by atoms with E-state index in [1.807, 2.05) is 25.1 Å². The smallest absolute Gasteiger partial charge is 0.194 e. The topological polar surface area (TPSA) is 17.1 Å². The maximum atomic E-state index is 11.7. The van der Waals surface area contributed by atoms with E-state index in [1.165, 1.54) is 0 Å². The highest BCUT2D eigenvalue weighted by Gasteiger charge is 2.31. The fourth-order valence-corrected chi connectivity index (χ4v) is 1.30. The van der Waals surface area contributed by atoms with Gasteiger partial charge in [-0.1, -0.05) is 64.8 Å². The van der Waals surface area contributed by atoms with Crippen LogP contribution in [-0.4, -0.2) is 9.57 Å². The van der Waals surface area contributed by atoms with E-state index < -0.39 is 3.78 Å². The molecule has 1 aromatic rings. The Hall–Kier alpha value is -0.340. The Morgan fingerprint density at radius 2 is 2.00 bits per heavy atom. The van der Waals surface area contributed by atoms with Crippen LogP contribution < -0.4 is 0 Å². The van der Waals surface area contributed by atoms with Crippen LogP contribution in [0.3, 0.4) is 0 Å². The Morgan fingerprint density at radius 3 is 2.46 bits per heavy atom. The third-order valence-electron chi connectivity index (χ3n) is 1.81. The van der Waals surface area contributed by atoms with Crippen LogP contribution in [0.4, 0.5) is 0 Å². The van der Waals surface area contributed by atoms with Gasteiger partial charge in [-0.25, -0.2) is 0 Å². The average molecular weight is 262 g/mol. The van der Waals surface area contributed by atoms with Crippen molar-refractivity contribution in [1.82, 2.24) is 0 Å². The van der Waals surface area contributed by atoms with Gasteiger partial charge in [-0.05, 0) is 6.42 Å². The van der Waals surface area contributed by atoms with E-state index in [-0.39, 0.29) is 5.78 Å². The zero-order valence-electron chi connectivity index (χ0n) is 7.26. The maximum Gasteiger partial charge on any atom is 0.194 e. The third kappa shape index (κ3) is 2.55. The number of alkyl halides is 2. The fraction of sp³-hybridized carbons (Fsp3) is 0.300. The van der Waals surface area contributed by atoms with Gasteiger partial charge in [-0.3, -0.25) is 4.79 Å². The molecule has 0 aliphatic heterocycles. The average Bonchev–Trinajstić information content (AvgIpc) is 2.18. The molecule has 0 spiro atoms.